The first kappa shape index (κ1) is 15.6. The van der Waals surface area contributed by atoms with Crippen LogP contribution in [0.3, 0.4) is 0 Å². The Bertz CT molecular complexity index is 846. The maximum absolute atomic E-state index is 12.8. The average molecular weight is 333 g/mol. The van der Waals surface area contributed by atoms with Crippen LogP contribution in [0, 0.1) is 0 Å². The number of imidazole rings is 1. The van der Waals surface area contributed by atoms with Gasteiger partial charge in [-0.1, -0.05) is 48.5 Å². The van der Waals surface area contributed by atoms with Crippen molar-refractivity contribution in [3.8, 4) is 5.69 Å². The number of amides is 1. The van der Waals surface area contributed by atoms with E-state index in [1.807, 2.05) is 60.7 Å². The highest BCUT2D eigenvalue weighted by Gasteiger charge is 2.31. The van der Waals surface area contributed by atoms with Crippen LogP contribution >= 0.6 is 0 Å². The molecule has 5 heteroatoms. The van der Waals surface area contributed by atoms with E-state index in [4.69, 9.17) is 4.74 Å². The summed E-state index contributed by atoms with van der Waals surface area (Å²) in [6.45, 7) is 0.641. The molecule has 25 heavy (non-hydrogen) atoms. The number of benzene rings is 2. The van der Waals surface area contributed by atoms with Gasteiger partial charge >= 0.3 is 0 Å². The molecule has 1 saturated heterocycles. The van der Waals surface area contributed by atoms with E-state index in [1.54, 1.807) is 17.1 Å². The maximum Gasteiger partial charge on any atom is 0.270 e. The molecule has 1 amide bonds. The van der Waals surface area contributed by atoms with Crippen LogP contribution in [0.4, 0.5) is 0 Å². The van der Waals surface area contributed by atoms with E-state index in [9.17, 15) is 4.79 Å². The minimum absolute atomic E-state index is 0.0472. The number of ether oxygens (including phenoxy) is 1. The molecule has 0 unspecified atom stereocenters. The molecule has 3 aromatic rings. The molecule has 1 N–H and O–H groups in total. The summed E-state index contributed by atoms with van der Waals surface area (Å²) in [6.07, 6.45) is 3.93. The summed E-state index contributed by atoms with van der Waals surface area (Å²) in [5.74, 6) is -0.141. The van der Waals surface area contributed by atoms with E-state index < -0.39 is 0 Å². The fraction of sp³-hybridized carbons (Fsp3) is 0.200. The molecule has 0 aliphatic carbocycles. The van der Waals surface area contributed by atoms with Crippen molar-refractivity contribution in [3.05, 3.63) is 84.4 Å². The Kier molecular flexibility index (Phi) is 4.31. The first-order chi connectivity index (χ1) is 12.3. The van der Waals surface area contributed by atoms with Gasteiger partial charge in [0.1, 0.15) is 11.8 Å². The van der Waals surface area contributed by atoms with Gasteiger partial charge in [-0.25, -0.2) is 4.98 Å². The summed E-state index contributed by atoms with van der Waals surface area (Å²) in [5.41, 5.74) is 2.51. The van der Waals surface area contributed by atoms with Crippen LogP contribution in [0.25, 0.3) is 5.69 Å². The average Bonchev–Trinajstić information content (AvgIpc) is 3.32. The van der Waals surface area contributed by atoms with Gasteiger partial charge in [0.2, 0.25) is 0 Å². The SMILES string of the molecule is O=C(N[C@H]1CCO[C@H]1c1ccccc1)c1cncn1-c1ccccc1. The number of nitrogens with zero attached hydrogens (tertiary/aromatic N) is 2. The minimum Gasteiger partial charge on any atom is -0.371 e. The monoisotopic (exact) mass is 333 g/mol. The summed E-state index contributed by atoms with van der Waals surface area (Å²) >= 11 is 0. The van der Waals surface area contributed by atoms with Crippen molar-refractivity contribution < 1.29 is 9.53 Å². The summed E-state index contributed by atoms with van der Waals surface area (Å²) in [4.78, 5) is 16.9. The molecule has 126 valence electrons. The molecule has 4 rings (SSSR count). The second kappa shape index (κ2) is 6.91. The molecule has 2 aromatic carbocycles. The van der Waals surface area contributed by atoms with Gasteiger partial charge < -0.3 is 10.1 Å². The topological polar surface area (TPSA) is 56.1 Å². The van der Waals surface area contributed by atoms with Crippen molar-refractivity contribution >= 4 is 5.91 Å². The fourth-order valence-electron chi connectivity index (χ4n) is 3.21. The van der Waals surface area contributed by atoms with Crippen LogP contribution in [-0.4, -0.2) is 28.1 Å². The first-order valence-electron chi connectivity index (χ1n) is 8.38. The van der Waals surface area contributed by atoms with Crippen LogP contribution in [0.15, 0.2) is 73.2 Å². The Morgan fingerprint density at radius 3 is 2.56 bits per heavy atom. The van der Waals surface area contributed by atoms with Gasteiger partial charge in [0.25, 0.3) is 5.91 Å². The Labute approximate surface area is 146 Å². The molecular formula is C20H19N3O2. The van der Waals surface area contributed by atoms with E-state index in [0.29, 0.717) is 12.3 Å². The highest BCUT2D eigenvalue weighted by atomic mass is 16.5. The van der Waals surface area contributed by atoms with E-state index in [0.717, 1.165) is 17.7 Å². The normalized spacial score (nSPS) is 19.7. The van der Waals surface area contributed by atoms with E-state index in [-0.39, 0.29) is 18.1 Å². The molecule has 2 heterocycles. The number of hydrogen-bond acceptors (Lipinski definition) is 3. The minimum atomic E-state index is -0.141. The number of carbonyl (C=O) groups is 1. The molecule has 2 atom stereocenters. The summed E-state index contributed by atoms with van der Waals surface area (Å²) < 4.78 is 7.64. The standard InChI is InChI=1S/C20H19N3O2/c24-20(18-13-21-14-23(18)16-9-5-2-6-10-16)22-17-11-12-25-19(17)15-7-3-1-4-8-15/h1-10,13-14,17,19H,11-12H2,(H,22,24)/t17-,19-/m0/s1. The van der Waals surface area contributed by atoms with Gasteiger partial charge in [-0.2, -0.15) is 0 Å². The molecule has 0 bridgehead atoms. The molecule has 5 nitrogen and oxygen atoms in total. The van der Waals surface area contributed by atoms with Crippen molar-refractivity contribution in [2.24, 2.45) is 0 Å². The number of rotatable bonds is 4. The molecular weight excluding hydrogens is 314 g/mol. The zero-order chi connectivity index (χ0) is 17.1. The fourth-order valence-corrected chi connectivity index (χ4v) is 3.21. The lowest BCUT2D eigenvalue weighted by Gasteiger charge is -2.20. The van der Waals surface area contributed by atoms with Gasteiger partial charge in [-0.15, -0.1) is 0 Å². The van der Waals surface area contributed by atoms with E-state index in [2.05, 4.69) is 10.3 Å². The summed E-state index contributed by atoms with van der Waals surface area (Å²) in [6, 6.07) is 19.7. The lowest BCUT2D eigenvalue weighted by atomic mass is 10.0. The van der Waals surface area contributed by atoms with Gasteiger partial charge in [0, 0.05) is 12.3 Å². The lowest BCUT2D eigenvalue weighted by molar-refractivity contribution is 0.0816. The Morgan fingerprint density at radius 1 is 1.08 bits per heavy atom. The molecule has 0 saturated carbocycles. The number of aromatic nitrogens is 2. The van der Waals surface area contributed by atoms with Crippen LogP contribution in [0.2, 0.25) is 0 Å². The quantitative estimate of drug-likeness (QED) is 0.798. The second-order valence-electron chi connectivity index (χ2n) is 6.06. The molecule has 1 aliphatic heterocycles. The summed E-state index contributed by atoms with van der Waals surface area (Å²) in [5, 5.41) is 3.12. The zero-order valence-corrected chi connectivity index (χ0v) is 13.7. The summed E-state index contributed by atoms with van der Waals surface area (Å²) in [7, 11) is 0. The largest absolute Gasteiger partial charge is 0.371 e. The molecule has 1 aliphatic rings. The van der Waals surface area contributed by atoms with Gasteiger partial charge in [-0.3, -0.25) is 9.36 Å². The molecule has 0 radical (unpaired) electrons. The Morgan fingerprint density at radius 2 is 1.80 bits per heavy atom. The van der Waals surface area contributed by atoms with Gasteiger partial charge in [0.15, 0.2) is 0 Å². The maximum atomic E-state index is 12.8. The predicted molar refractivity (Wildman–Crippen MR) is 94.6 cm³/mol. The van der Waals surface area contributed by atoms with Crippen LogP contribution in [0.1, 0.15) is 28.6 Å². The lowest BCUT2D eigenvalue weighted by Crippen LogP contribution is -2.37. The van der Waals surface area contributed by atoms with Crippen molar-refractivity contribution in [3.63, 3.8) is 0 Å². The van der Waals surface area contributed by atoms with Crippen molar-refractivity contribution in [2.75, 3.05) is 6.61 Å². The Balaban J connectivity index is 1.54. The van der Waals surface area contributed by atoms with E-state index in [1.165, 1.54) is 0 Å². The third kappa shape index (κ3) is 3.19. The smallest absolute Gasteiger partial charge is 0.270 e. The number of nitrogens with one attached hydrogen (secondary N) is 1. The van der Waals surface area contributed by atoms with E-state index >= 15 is 0 Å². The molecule has 1 fully saturated rings. The highest BCUT2D eigenvalue weighted by molar-refractivity contribution is 5.93. The van der Waals surface area contributed by atoms with Crippen LogP contribution in [-0.2, 0) is 4.74 Å². The first-order valence-corrected chi connectivity index (χ1v) is 8.38. The Hall–Kier alpha value is -2.92. The van der Waals surface area contributed by atoms with Crippen LogP contribution in [0.5, 0.6) is 0 Å². The molecule has 1 aromatic heterocycles. The number of hydrogen-bond donors (Lipinski definition) is 1. The predicted octanol–water partition coefficient (Wildman–Crippen LogP) is 3.13. The third-order valence-electron chi connectivity index (χ3n) is 4.44. The number of para-hydroxylation sites is 1. The van der Waals surface area contributed by atoms with Gasteiger partial charge in [-0.05, 0) is 24.1 Å². The zero-order valence-electron chi connectivity index (χ0n) is 13.7. The van der Waals surface area contributed by atoms with Gasteiger partial charge in [0.05, 0.1) is 18.6 Å². The van der Waals surface area contributed by atoms with Crippen molar-refractivity contribution in [1.29, 1.82) is 0 Å². The van der Waals surface area contributed by atoms with Crippen LogP contribution < -0.4 is 5.32 Å². The van der Waals surface area contributed by atoms with Crippen molar-refractivity contribution in [2.45, 2.75) is 18.6 Å². The number of carbonyl (C=O) groups excluding carboxylic acids is 1. The third-order valence-corrected chi connectivity index (χ3v) is 4.44. The molecule has 0 spiro atoms. The van der Waals surface area contributed by atoms with Crippen molar-refractivity contribution in [1.82, 2.24) is 14.9 Å². The highest BCUT2D eigenvalue weighted by Crippen LogP contribution is 2.29. The second-order valence-corrected chi connectivity index (χ2v) is 6.06.